The van der Waals surface area contributed by atoms with Crippen molar-refractivity contribution < 1.29 is 18.4 Å². The number of carbonyl (C=O) groups excluding carboxylic acids is 2. The second-order valence-electron chi connectivity index (χ2n) is 4.72. The fraction of sp³-hybridized carbons (Fsp3) is 0.0625. The lowest BCUT2D eigenvalue weighted by molar-refractivity contribution is -0.136. The van der Waals surface area contributed by atoms with E-state index in [0.29, 0.717) is 15.7 Å². The van der Waals surface area contributed by atoms with Gasteiger partial charge in [0.25, 0.3) is 0 Å². The predicted octanol–water partition coefficient (Wildman–Crippen LogP) is 3.21. The highest BCUT2D eigenvalue weighted by molar-refractivity contribution is 9.10. The smallest absolute Gasteiger partial charge is 0.315 e. The van der Waals surface area contributed by atoms with Crippen LogP contribution in [0.3, 0.4) is 0 Å². The Hall–Kier alpha value is -2.61. The van der Waals surface area contributed by atoms with Crippen molar-refractivity contribution in [3.8, 4) is 0 Å². The fourth-order valence-electron chi connectivity index (χ4n) is 1.71. The third kappa shape index (κ3) is 4.69. The van der Waals surface area contributed by atoms with E-state index >= 15 is 0 Å². The van der Waals surface area contributed by atoms with Gasteiger partial charge in [0.1, 0.15) is 11.6 Å². The van der Waals surface area contributed by atoms with Gasteiger partial charge >= 0.3 is 11.8 Å². The van der Waals surface area contributed by atoms with E-state index in [-0.39, 0.29) is 5.69 Å². The van der Waals surface area contributed by atoms with E-state index in [2.05, 4.69) is 31.8 Å². The molecular weight excluding hydrogens is 384 g/mol. The third-order valence-electron chi connectivity index (χ3n) is 2.97. The van der Waals surface area contributed by atoms with Crippen molar-refractivity contribution in [1.82, 2.24) is 5.43 Å². The molecule has 124 valence electrons. The molecule has 2 amide bonds. The summed E-state index contributed by atoms with van der Waals surface area (Å²) in [5, 5.41) is 5.90. The van der Waals surface area contributed by atoms with E-state index in [1.54, 1.807) is 6.92 Å². The zero-order valence-corrected chi connectivity index (χ0v) is 14.0. The quantitative estimate of drug-likeness (QED) is 0.475. The molecule has 0 saturated carbocycles. The molecule has 2 rings (SSSR count). The zero-order chi connectivity index (χ0) is 17.7. The molecule has 0 aliphatic carbocycles. The molecule has 0 bridgehead atoms. The molecule has 0 atom stereocenters. The first kappa shape index (κ1) is 17.7. The summed E-state index contributed by atoms with van der Waals surface area (Å²) in [6.07, 6.45) is 0. The third-order valence-corrected chi connectivity index (χ3v) is 3.47. The molecule has 0 aromatic heterocycles. The highest BCUT2D eigenvalue weighted by Crippen LogP contribution is 2.19. The van der Waals surface area contributed by atoms with Gasteiger partial charge in [-0.2, -0.15) is 5.10 Å². The second kappa shape index (κ2) is 7.78. The number of hydrogen-bond acceptors (Lipinski definition) is 3. The highest BCUT2D eigenvalue weighted by atomic mass is 79.9. The number of hydrazone groups is 1. The topological polar surface area (TPSA) is 70.6 Å². The predicted molar refractivity (Wildman–Crippen MR) is 89.5 cm³/mol. The first-order chi connectivity index (χ1) is 11.4. The number of nitrogens with zero attached hydrogens (tertiary/aromatic N) is 1. The summed E-state index contributed by atoms with van der Waals surface area (Å²) in [5.41, 5.74) is 2.89. The van der Waals surface area contributed by atoms with Crippen LogP contribution in [0, 0.1) is 11.6 Å². The summed E-state index contributed by atoms with van der Waals surface area (Å²) in [4.78, 5) is 23.4. The molecule has 0 saturated heterocycles. The summed E-state index contributed by atoms with van der Waals surface area (Å²) in [5.74, 6) is -3.20. The van der Waals surface area contributed by atoms with Crippen LogP contribution in [-0.4, -0.2) is 17.5 Å². The molecule has 0 heterocycles. The normalized spacial score (nSPS) is 11.1. The number of rotatable bonds is 3. The summed E-state index contributed by atoms with van der Waals surface area (Å²) < 4.78 is 26.9. The van der Waals surface area contributed by atoms with Crippen molar-refractivity contribution in [3.05, 3.63) is 64.1 Å². The minimum atomic E-state index is -1.06. The number of halogens is 3. The monoisotopic (exact) mass is 395 g/mol. The van der Waals surface area contributed by atoms with Gasteiger partial charge in [-0.15, -0.1) is 0 Å². The molecule has 0 aliphatic rings. The Morgan fingerprint density at radius 3 is 2.33 bits per heavy atom. The van der Waals surface area contributed by atoms with Gasteiger partial charge in [0.2, 0.25) is 0 Å². The maximum absolute atomic E-state index is 13.6. The lowest BCUT2D eigenvalue weighted by Crippen LogP contribution is -2.33. The molecule has 0 unspecified atom stereocenters. The lowest BCUT2D eigenvalue weighted by Gasteiger charge is -2.06. The number of carbonyl (C=O) groups is 2. The molecule has 0 spiro atoms. The van der Waals surface area contributed by atoms with Gasteiger partial charge in [-0.3, -0.25) is 9.59 Å². The summed E-state index contributed by atoms with van der Waals surface area (Å²) in [6.45, 7) is 1.58. The Kier molecular flexibility index (Phi) is 5.75. The average Bonchev–Trinajstić information content (AvgIpc) is 2.55. The van der Waals surface area contributed by atoms with Crippen LogP contribution in [0.5, 0.6) is 0 Å². The number of hydrogen-bond donors (Lipinski definition) is 2. The molecule has 0 aliphatic heterocycles. The molecule has 0 fully saturated rings. The number of benzene rings is 2. The summed E-state index contributed by atoms with van der Waals surface area (Å²) >= 11 is 3.09. The average molecular weight is 396 g/mol. The van der Waals surface area contributed by atoms with Gasteiger partial charge in [-0.1, -0.05) is 28.1 Å². The van der Waals surface area contributed by atoms with Crippen molar-refractivity contribution in [2.24, 2.45) is 5.10 Å². The maximum atomic E-state index is 13.6. The van der Waals surface area contributed by atoms with Crippen molar-refractivity contribution in [1.29, 1.82) is 0 Å². The van der Waals surface area contributed by atoms with Gasteiger partial charge in [0, 0.05) is 4.47 Å². The van der Waals surface area contributed by atoms with Crippen LogP contribution in [0.15, 0.2) is 52.0 Å². The van der Waals surface area contributed by atoms with Crippen LogP contribution in [-0.2, 0) is 9.59 Å². The molecule has 0 radical (unpaired) electrons. The Labute approximate surface area is 144 Å². The number of nitrogens with one attached hydrogen (secondary N) is 2. The van der Waals surface area contributed by atoms with Gasteiger partial charge < -0.3 is 5.32 Å². The van der Waals surface area contributed by atoms with E-state index in [4.69, 9.17) is 0 Å². The largest absolute Gasteiger partial charge is 0.329 e. The van der Waals surface area contributed by atoms with Gasteiger partial charge in [-0.25, -0.2) is 14.2 Å². The fourth-order valence-corrected chi connectivity index (χ4v) is 2.04. The minimum Gasteiger partial charge on any atom is -0.315 e. The SMILES string of the molecule is C/C(=N\NC(=O)C(=O)Nc1ccc(Br)cc1F)c1ccc(F)cc1. The molecule has 8 heteroatoms. The van der Waals surface area contributed by atoms with Gasteiger partial charge in [0.15, 0.2) is 0 Å². The Morgan fingerprint density at radius 2 is 1.71 bits per heavy atom. The van der Waals surface area contributed by atoms with Crippen LogP contribution in [0.25, 0.3) is 0 Å². The van der Waals surface area contributed by atoms with Gasteiger partial charge in [-0.05, 0) is 42.8 Å². The first-order valence-corrected chi connectivity index (χ1v) is 7.52. The van der Waals surface area contributed by atoms with E-state index in [1.807, 2.05) is 0 Å². The van der Waals surface area contributed by atoms with Crippen molar-refractivity contribution >= 4 is 39.1 Å². The van der Waals surface area contributed by atoms with Gasteiger partial charge in [0.05, 0.1) is 11.4 Å². The molecular formula is C16H12BrF2N3O2. The van der Waals surface area contributed by atoms with Crippen molar-refractivity contribution in [3.63, 3.8) is 0 Å². The molecule has 2 aromatic rings. The zero-order valence-electron chi connectivity index (χ0n) is 12.4. The van der Waals surface area contributed by atoms with Crippen molar-refractivity contribution in [2.75, 3.05) is 5.32 Å². The van der Waals surface area contributed by atoms with E-state index < -0.39 is 23.4 Å². The Balaban J connectivity index is 1.99. The summed E-state index contributed by atoms with van der Waals surface area (Å²) in [6, 6.07) is 9.46. The standard InChI is InChI=1S/C16H12BrF2N3O2/c1-9(10-2-5-12(18)6-3-10)21-22-16(24)15(23)20-14-7-4-11(17)8-13(14)19/h2-8H,1H3,(H,20,23)(H,22,24)/b21-9+. The van der Waals surface area contributed by atoms with Crippen molar-refractivity contribution in [2.45, 2.75) is 6.92 Å². The molecule has 24 heavy (non-hydrogen) atoms. The molecule has 5 nitrogen and oxygen atoms in total. The van der Waals surface area contributed by atoms with Crippen LogP contribution in [0.4, 0.5) is 14.5 Å². The van der Waals surface area contributed by atoms with Crippen LogP contribution in [0.2, 0.25) is 0 Å². The first-order valence-electron chi connectivity index (χ1n) is 6.73. The lowest BCUT2D eigenvalue weighted by atomic mass is 10.1. The number of amides is 2. The van der Waals surface area contributed by atoms with Crippen LogP contribution in [0.1, 0.15) is 12.5 Å². The maximum Gasteiger partial charge on any atom is 0.329 e. The molecule has 2 aromatic carbocycles. The van der Waals surface area contributed by atoms with Crippen LogP contribution < -0.4 is 10.7 Å². The van der Waals surface area contributed by atoms with E-state index in [9.17, 15) is 18.4 Å². The number of anilines is 1. The van der Waals surface area contributed by atoms with E-state index in [1.165, 1.54) is 36.4 Å². The van der Waals surface area contributed by atoms with Crippen LogP contribution >= 0.6 is 15.9 Å². The van der Waals surface area contributed by atoms with E-state index in [0.717, 1.165) is 6.07 Å². The second-order valence-corrected chi connectivity index (χ2v) is 5.64. The minimum absolute atomic E-state index is 0.127. The Bertz CT molecular complexity index is 807. The highest BCUT2D eigenvalue weighted by Gasteiger charge is 2.15. The molecule has 2 N–H and O–H groups in total. The summed E-state index contributed by atoms with van der Waals surface area (Å²) in [7, 11) is 0. The Morgan fingerprint density at radius 1 is 1.04 bits per heavy atom.